The van der Waals surface area contributed by atoms with Gasteiger partial charge in [-0.05, 0) is 18.2 Å². The molecule has 1 aromatic rings. The molecule has 0 bridgehead atoms. The molecule has 0 spiro atoms. The van der Waals surface area contributed by atoms with Gasteiger partial charge in [0, 0.05) is 10.7 Å². The summed E-state index contributed by atoms with van der Waals surface area (Å²) in [6.07, 6.45) is 0. The molecule has 0 aromatic heterocycles. The lowest BCUT2D eigenvalue weighted by Crippen LogP contribution is -2.21. The number of nitrogens with zero attached hydrogens (tertiary/aromatic N) is 1. The van der Waals surface area contributed by atoms with Crippen LogP contribution in [0.3, 0.4) is 0 Å². The maximum absolute atomic E-state index is 5.86. The van der Waals surface area contributed by atoms with Crippen molar-refractivity contribution < 1.29 is 0 Å². The fourth-order valence-electron chi connectivity index (χ4n) is 1.21. The van der Waals surface area contributed by atoms with Gasteiger partial charge >= 0.3 is 0 Å². The number of benzene rings is 1. The maximum Gasteiger partial charge on any atom is 0.0824 e. The molecule has 0 aliphatic carbocycles. The van der Waals surface area contributed by atoms with Gasteiger partial charge in [0.1, 0.15) is 0 Å². The van der Waals surface area contributed by atoms with Crippen molar-refractivity contribution in [2.24, 2.45) is 0 Å². The fraction of sp³-hybridized carbons (Fsp3) is 0.250. The molecule has 0 amide bonds. The molecular weight excluding hydrogens is 174 g/mol. The van der Waals surface area contributed by atoms with Gasteiger partial charge in [0.25, 0.3) is 0 Å². The highest BCUT2D eigenvalue weighted by molar-refractivity contribution is 6.30. The minimum atomic E-state index is 0.777. The highest BCUT2D eigenvalue weighted by atomic mass is 35.5. The molecule has 4 heteroatoms. The molecule has 1 saturated heterocycles. The standard InChI is InChI=1S/C8H10ClN3/c9-7-2-1-3-8(4-7)12-5-10-11-6-12/h1-4,10-11H,5-6H2. The Labute approximate surface area is 76.3 Å². The van der Waals surface area contributed by atoms with E-state index in [9.17, 15) is 0 Å². The number of hydrazine groups is 1. The SMILES string of the molecule is Clc1cccc(N2CNNC2)c1. The second-order valence-corrected chi connectivity index (χ2v) is 3.13. The van der Waals surface area contributed by atoms with E-state index >= 15 is 0 Å². The molecular formula is C8H10ClN3. The number of rotatable bonds is 1. The average Bonchev–Trinajstić information content (AvgIpc) is 2.56. The summed E-state index contributed by atoms with van der Waals surface area (Å²) in [4.78, 5) is 2.16. The van der Waals surface area contributed by atoms with Crippen molar-refractivity contribution in [1.29, 1.82) is 0 Å². The molecule has 64 valence electrons. The largest absolute Gasteiger partial charge is 0.343 e. The molecule has 0 atom stereocenters. The fourth-order valence-corrected chi connectivity index (χ4v) is 1.40. The third-order valence-corrected chi connectivity index (χ3v) is 2.07. The summed E-state index contributed by atoms with van der Waals surface area (Å²) >= 11 is 5.86. The Bertz CT molecular complexity index is 271. The van der Waals surface area contributed by atoms with Crippen LogP contribution >= 0.6 is 11.6 Å². The Morgan fingerprint density at radius 3 is 2.67 bits per heavy atom. The van der Waals surface area contributed by atoms with Gasteiger partial charge < -0.3 is 4.90 Å². The van der Waals surface area contributed by atoms with Crippen molar-refractivity contribution in [1.82, 2.24) is 10.9 Å². The highest BCUT2D eigenvalue weighted by Gasteiger charge is 2.10. The Balaban J connectivity index is 2.21. The van der Waals surface area contributed by atoms with Gasteiger partial charge in [0.05, 0.1) is 13.3 Å². The number of hydrogen-bond acceptors (Lipinski definition) is 3. The summed E-state index contributed by atoms with van der Waals surface area (Å²) in [7, 11) is 0. The predicted octanol–water partition coefficient (Wildman–Crippen LogP) is 1.17. The topological polar surface area (TPSA) is 27.3 Å². The van der Waals surface area contributed by atoms with Crippen LogP contribution in [0.2, 0.25) is 5.02 Å². The first kappa shape index (κ1) is 7.86. The summed E-state index contributed by atoms with van der Waals surface area (Å²) in [5.41, 5.74) is 7.19. The second-order valence-electron chi connectivity index (χ2n) is 2.69. The highest BCUT2D eigenvalue weighted by Crippen LogP contribution is 2.18. The Hall–Kier alpha value is -0.770. The molecule has 1 aromatic carbocycles. The molecule has 2 rings (SSSR count). The lowest BCUT2D eigenvalue weighted by Gasteiger charge is -2.15. The van der Waals surface area contributed by atoms with Gasteiger partial charge in [-0.2, -0.15) is 0 Å². The van der Waals surface area contributed by atoms with Crippen molar-refractivity contribution in [3.8, 4) is 0 Å². The molecule has 0 radical (unpaired) electrons. The van der Waals surface area contributed by atoms with E-state index in [1.807, 2.05) is 24.3 Å². The van der Waals surface area contributed by atoms with E-state index < -0.39 is 0 Å². The second kappa shape index (κ2) is 3.31. The van der Waals surface area contributed by atoms with Crippen LogP contribution in [0.15, 0.2) is 24.3 Å². The molecule has 1 heterocycles. The predicted molar refractivity (Wildman–Crippen MR) is 49.9 cm³/mol. The Morgan fingerprint density at radius 1 is 1.25 bits per heavy atom. The van der Waals surface area contributed by atoms with Crippen molar-refractivity contribution in [3.63, 3.8) is 0 Å². The lowest BCUT2D eigenvalue weighted by molar-refractivity contribution is 0.689. The van der Waals surface area contributed by atoms with E-state index in [4.69, 9.17) is 11.6 Å². The van der Waals surface area contributed by atoms with Gasteiger partial charge in [-0.15, -0.1) is 0 Å². The summed E-state index contributed by atoms with van der Waals surface area (Å²) in [6, 6.07) is 7.83. The Kier molecular flexibility index (Phi) is 2.17. The summed E-state index contributed by atoms with van der Waals surface area (Å²) in [6.45, 7) is 1.64. The zero-order valence-electron chi connectivity index (χ0n) is 6.55. The van der Waals surface area contributed by atoms with Crippen LogP contribution in [0.1, 0.15) is 0 Å². The van der Waals surface area contributed by atoms with E-state index in [1.165, 1.54) is 0 Å². The number of hydrogen-bond donors (Lipinski definition) is 2. The van der Waals surface area contributed by atoms with E-state index in [2.05, 4.69) is 15.8 Å². The van der Waals surface area contributed by atoms with E-state index in [1.54, 1.807) is 0 Å². The van der Waals surface area contributed by atoms with Crippen LogP contribution in [0.25, 0.3) is 0 Å². The minimum Gasteiger partial charge on any atom is -0.343 e. The molecule has 0 saturated carbocycles. The molecule has 1 fully saturated rings. The molecule has 2 N–H and O–H groups in total. The van der Waals surface area contributed by atoms with Crippen molar-refractivity contribution in [2.75, 3.05) is 18.2 Å². The molecule has 1 aliphatic rings. The van der Waals surface area contributed by atoms with Crippen molar-refractivity contribution in [2.45, 2.75) is 0 Å². The summed E-state index contributed by atoms with van der Waals surface area (Å²) in [5.74, 6) is 0. The number of anilines is 1. The molecule has 1 aliphatic heterocycles. The molecule has 3 nitrogen and oxygen atoms in total. The lowest BCUT2D eigenvalue weighted by atomic mass is 10.3. The Morgan fingerprint density at radius 2 is 2.00 bits per heavy atom. The third kappa shape index (κ3) is 1.53. The quantitative estimate of drug-likeness (QED) is 0.685. The monoisotopic (exact) mass is 183 g/mol. The zero-order valence-corrected chi connectivity index (χ0v) is 7.30. The normalized spacial score (nSPS) is 16.9. The van der Waals surface area contributed by atoms with Crippen LogP contribution < -0.4 is 15.8 Å². The third-order valence-electron chi connectivity index (χ3n) is 1.84. The van der Waals surface area contributed by atoms with Crippen molar-refractivity contribution >= 4 is 17.3 Å². The minimum absolute atomic E-state index is 0.777. The van der Waals surface area contributed by atoms with E-state index in [0.29, 0.717) is 0 Å². The van der Waals surface area contributed by atoms with Crippen LogP contribution in [0.4, 0.5) is 5.69 Å². The van der Waals surface area contributed by atoms with Crippen molar-refractivity contribution in [3.05, 3.63) is 29.3 Å². The van der Waals surface area contributed by atoms with Crippen LogP contribution in [0, 0.1) is 0 Å². The van der Waals surface area contributed by atoms with E-state index in [-0.39, 0.29) is 0 Å². The summed E-state index contributed by atoms with van der Waals surface area (Å²) in [5, 5.41) is 0.777. The van der Waals surface area contributed by atoms with Gasteiger partial charge in [0.15, 0.2) is 0 Å². The number of nitrogens with one attached hydrogen (secondary N) is 2. The van der Waals surface area contributed by atoms with Crippen LogP contribution in [-0.2, 0) is 0 Å². The van der Waals surface area contributed by atoms with Gasteiger partial charge in [0.2, 0.25) is 0 Å². The molecule has 12 heavy (non-hydrogen) atoms. The zero-order chi connectivity index (χ0) is 8.39. The maximum atomic E-state index is 5.86. The first-order valence-corrected chi connectivity index (χ1v) is 4.20. The smallest absolute Gasteiger partial charge is 0.0824 e. The van der Waals surface area contributed by atoms with Gasteiger partial charge in [-0.1, -0.05) is 17.7 Å². The molecule has 0 unspecified atom stereocenters. The average molecular weight is 184 g/mol. The van der Waals surface area contributed by atoms with E-state index in [0.717, 1.165) is 24.0 Å². The first-order valence-electron chi connectivity index (χ1n) is 3.82. The van der Waals surface area contributed by atoms with Crippen LogP contribution in [-0.4, -0.2) is 13.3 Å². The number of halogens is 1. The van der Waals surface area contributed by atoms with Crippen LogP contribution in [0.5, 0.6) is 0 Å². The first-order chi connectivity index (χ1) is 5.86. The summed E-state index contributed by atoms with van der Waals surface area (Å²) < 4.78 is 0. The van der Waals surface area contributed by atoms with Gasteiger partial charge in [-0.3, -0.25) is 0 Å². The van der Waals surface area contributed by atoms with Gasteiger partial charge in [-0.25, -0.2) is 10.9 Å².